The van der Waals surface area contributed by atoms with E-state index in [9.17, 15) is 0 Å². The van der Waals surface area contributed by atoms with Crippen LogP contribution in [-0.2, 0) is 6.54 Å². The Morgan fingerprint density at radius 1 is 1.39 bits per heavy atom. The van der Waals surface area contributed by atoms with Crippen molar-refractivity contribution >= 4 is 11.6 Å². The van der Waals surface area contributed by atoms with E-state index < -0.39 is 0 Å². The zero-order valence-electron chi connectivity index (χ0n) is 11.0. The number of nitrogens with one attached hydrogen (secondary N) is 1. The van der Waals surface area contributed by atoms with Gasteiger partial charge in [0.05, 0.1) is 18.7 Å². The summed E-state index contributed by atoms with van der Waals surface area (Å²) in [5.41, 5.74) is 1.09. The third-order valence-electron chi connectivity index (χ3n) is 3.36. The number of benzene rings is 1. The number of hydrogen-bond acceptors (Lipinski definition) is 3. The zero-order valence-corrected chi connectivity index (χ0v) is 11.7. The normalized spacial score (nSPS) is 15.3. The van der Waals surface area contributed by atoms with E-state index in [0.717, 1.165) is 18.7 Å². The fourth-order valence-electron chi connectivity index (χ4n) is 2.08. The van der Waals surface area contributed by atoms with Gasteiger partial charge in [-0.2, -0.15) is 0 Å². The van der Waals surface area contributed by atoms with Crippen LogP contribution >= 0.6 is 11.6 Å². The minimum Gasteiger partial charge on any atom is -0.493 e. The van der Waals surface area contributed by atoms with Crippen molar-refractivity contribution in [3.63, 3.8) is 0 Å². The van der Waals surface area contributed by atoms with Gasteiger partial charge in [0.25, 0.3) is 0 Å². The van der Waals surface area contributed by atoms with Crippen LogP contribution in [0.15, 0.2) is 12.1 Å². The van der Waals surface area contributed by atoms with Crippen molar-refractivity contribution in [1.82, 2.24) is 5.32 Å². The molecule has 1 aromatic rings. The highest BCUT2D eigenvalue weighted by molar-refractivity contribution is 6.32. The lowest BCUT2D eigenvalue weighted by Crippen LogP contribution is -2.19. The summed E-state index contributed by atoms with van der Waals surface area (Å²) in [4.78, 5) is 0. The van der Waals surface area contributed by atoms with Gasteiger partial charge in [-0.25, -0.2) is 0 Å². The van der Waals surface area contributed by atoms with Crippen LogP contribution in [0, 0.1) is 5.92 Å². The van der Waals surface area contributed by atoms with Crippen molar-refractivity contribution in [3.05, 3.63) is 22.7 Å². The number of ether oxygens (including phenoxy) is 2. The number of hydrogen-bond donors (Lipinski definition) is 1. The smallest absolute Gasteiger partial charge is 0.179 e. The van der Waals surface area contributed by atoms with Crippen LogP contribution in [0.4, 0.5) is 0 Å². The van der Waals surface area contributed by atoms with Crippen LogP contribution in [0.5, 0.6) is 11.5 Å². The topological polar surface area (TPSA) is 30.5 Å². The molecule has 1 aromatic carbocycles. The molecular weight excluding hydrogens is 250 g/mol. The average molecular weight is 270 g/mol. The average Bonchev–Trinajstić information content (AvgIpc) is 2.29. The second kappa shape index (κ2) is 6.30. The summed E-state index contributed by atoms with van der Waals surface area (Å²) in [5.74, 6) is 2.07. The van der Waals surface area contributed by atoms with Gasteiger partial charge in [-0.1, -0.05) is 18.0 Å². The first-order valence-corrected chi connectivity index (χ1v) is 6.76. The van der Waals surface area contributed by atoms with Crippen molar-refractivity contribution in [2.45, 2.75) is 25.8 Å². The molecule has 0 aromatic heterocycles. The van der Waals surface area contributed by atoms with Crippen LogP contribution in [-0.4, -0.2) is 20.8 Å². The molecule has 1 aliphatic carbocycles. The van der Waals surface area contributed by atoms with Gasteiger partial charge in [0.1, 0.15) is 0 Å². The van der Waals surface area contributed by atoms with Crippen LogP contribution in [0.25, 0.3) is 0 Å². The first kappa shape index (κ1) is 13.5. The molecule has 100 valence electrons. The van der Waals surface area contributed by atoms with Gasteiger partial charge < -0.3 is 14.8 Å². The molecule has 0 unspecified atom stereocenters. The molecule has 4 heteroatoms. The minimum absolute atomic E-state index is 0.624. The first-order valence-electron chi connectivity index (χ1n) is 6.38. The van der Waals surface area contributed by atoms with Gasteiger partial charge in [0.2, 0.25) is 0 Å². The Kier molecular flexibility index (Phi) is 4.72. The molecule has 1 N–H and O–H groups in total. The van der Waals surface area contributed by atoms with Crippen LogP contribution < -0.4 is 14.8 Å². The summed E-state index contributed by atoms with van der Waals surface area (Å²) in [6, 6.07) is 3.90. The molecule has 1 aliphatic rings. The maximum Gasteiger partial charge on any atom is 0.179 e. The summed E-state index contributed by atoms with van der Waals surface area (Å²) in [5, 5.41) is 3.72. The zero-order chi connectivity index (χ0) is 13.0. The number of methoxy groups -OCH3 is 1. The molecule has 1 saturated carbocycles. The quantitative estimate of drug-likeness (QED) is 0.860. The van der Waals surface area contributed by atoms with Crippen molar-refractivity contribution in [1.29, 1.82) is 0 Å². The summed E-state index contributed by atoms with van der Waals surface area (Å²) in [6.45, 7) is 1.50. The molecule has 1 fully saturated rings. The minimum atomic E-state index is 0.624. The molecule has 0 saturated heterocycles. The largest absolute Gasteiger partial charge is 0.493 e. The van der Waals surface area contributed by atoms with Gasteiger partial charge in [-0.15, -0.1) is 0 Å². The highest BCUT2D eigenvalue weighted by Crippen LogP contribution is 2.37. The van der Waals surface area contributed by atoms with Crippen LogP contribution in [0.1, 0.15) is 24.8 Å². The van der Waals surface area contributed by atoms with Crippen LogP contribution in [0.3, 0.4) is 0 Å². The molecule has 0 spiro atoms. The van der Waals surface area contributed by atoms with Gasteiger partial charge in [-0.3, -0.25) is 0 Å². The Balaban J connectivity index is 2.11. The molecule has 18 heavy (non-hydrogen) atoms. The lowest BCUT2D eigenvalue weighted by atomic mass is 9.86. The predicted octanol–water partition coefficient (Wildman–Crippen LogP) is 3.25. The summed E-state index contributed by atoms with van der Waals surface area (Å²) in [6.07, 6.45) is 3.84. The van der Waals surface area contributed by atoms with Crippen LogP contribution in [0.2, 0.25) is 5.02 Å². The lowest BCUT2D eigenvalue weighted by molar-refractivity contribution is 0.176. The maximum atomic E-state index is 6.26. The molecular formula is C14H20ClNO2. The van der Waals surface area contributed by atoms with E-state index in [-0.39, 0.29) is 0 Å². The first-order chi connectivity index (χ1) is 8.74. The van der Waals surface area contributed by atoms with E-state index in [1.54, 1.807) is 7.11 Å². The van der Waals surface area contributed by atoms with E-state index in [0.29, 0.717) is 22.4 Å². The third-order valence-corrected chi connectivity index (χ3v) is 3.64. The van der Waals surface area contributed by atoms with Crippen molar-refractivity contribution < 1.29 is 9.47 Å². The highest BCUT2D eigenvalue weighted by Gasteiger charge is 2.20. The monoisotopic (exact) mass is 269 g/mol. The molecule has 2 rings (SSSR count). The van der Waals surface area contributed by atoms with E-state index in [4.69, 9.17) is 21.1 Å². The molecule has 0 bridgehead atoms. The Morgan fingerprint density at radius 3 is 2.72 bits per heavy atom. The van der Waals surface area contributed by atoms with Crippen molar-refractivity contribution in [2.24, 2.45) is 5.92 Å². The number of halogens is 1. The molecule has 3 nitrogen and oxygen atoms in total. The Bertz CT molecular complexity index is 405. The van der Waals surface area contributed by atoms with Crippen molar-refractivity contribution in [2.75, 3.05) is 20.8 Å². The maximum absolute atomic E-state index is 6.26. The summed E-state index contributed by atoms with van der Waals surface area (Å²) < 4.78 is 11.2. The number of rotatable bonds is 6. The summed E-state index contributed by atoms with van der Waals surface area (Å²) in [7, 11) is 3.55. The molecule has 0 aliphatic heterocycles. The van der Waals surface area contributed by atoms with E-state index in [1.807, 2.05) is 19.2 Å². The van der Waals surface area contributed by atoms with Gasteiger partial charge in [-0.05, 0) is 43.5 Å². The molecule has 0 atom stereocenters. The highest BCUT2D eigenvalue weighted by atomic mass is 35.5. The molecule has 0 amide bonds. The van der Waals surface area contributed by atoms with E-state index in [2.05, 4.69) is 5.32 Å². The Morgan fingerprint density at radius 2 is 2.17 bits per heavy atom. The Hall–Kier alpha value is -0.930. The predicted molar refractivity (Wildman–Crippen MR) is 73.6 cm³/mol. The Labute approximate surface area is 113 Å². The van der Waals surface area contributed by atoms with Gasteiger partial charge >= 0.3 is 0 Å². The van der Waals surface area contributed by atoms with Crippen molar-refractivity contribution in [3.8, 4) is 11.5 Å². The molecule has 0 heterocycles. The lowest BCUT2D eigenvalue weighted by Gasteiger charge is -2.26. The molecule has 0 radical (unpaired) electrons. The fraction of sp³-hybridized carbons (Fsp3) is 0.571. The SMILES string of the molecule is CNCc1cc(Cl)c(OCC2CCC2)c(OC)c1. The van der Waals surface area contributed by atoms with Gasteiger partial charge in [0, 0.05) is 6.54 Å². The van der Waals surface area contributed by atoms with E-state index >= 15 is 0 Å². The standard InChI is InChI=1S/C14H20ClNO2/c1-16-8-11-6-12(15)14(13(7-11)17-2)18-9-10-4-3-5-10/h6-7,10,16H,3-5,8-9H2,1-2H3. The second-order valence-electron chi connectivity index (χ2n) is 4.75. The third kappa shape index (κ3) is 3.09. The fourth-order valence-corrected chi connectivity index (χ4v) is 2.37. The van der Waals surface area contributed by atoms with E-state index in [1.165, 1.54) is 19.3 Å². The second-order valence-corrected chi connectivity index (χ2v) is 5.15. The summed E-state index contributed by atoms with van der Waals surface area (Å²) >= 11 is 6.26. The van der Waals surface area contributed by atoms with Gasteiger partial charge in [0.15, 0.2) is 11.5 Å².